The molecule has 10 N–H and O–H groups in total. The van der Waals surface area contributed by atoms with Gasteiger partial charge in [-0.1, -0.05) is 18.2 Å². The van der Waals surface area contributed by atoms with Gasteiger partial charge < -0.3 is 132 Å². The molecule has 0 bridgehead atoms. The average Bonchev–Trinajstić information content (AvgIpc) is 2.73. The van der Waals surface area contributed by atoms with Crippen molar-refractivity contribution in [1.29, 1.82) is 0 Å². The lowest BCUT2D eigenvalue weighted by Gasteiger charge is -2.53. The molecule has 5 heterocycles. The molecule has 1 aromatic carbocycles. The zero-order chi connectivity index (χ0) is 59.5. The molecule has 0 radical (unpaired) electrons. The van der Waals surface area contributed by atoms with Crippen LogP contribution in [0.3, 0.4) is 0 Å². The van der Waals surface area contributed by atoms with Crippen molar-refractivity contribution in [3.8, 4) is 5.75 Å². The molecule has 5 aliphatic rings. The van der Waals surface area contributed by atoms with Crippen LogP contribution in [0.5, 0.6) is 5.75 Å². The van der Waals surface area contributed by atoms with Gasteiger partial charge in [-0.05, 0) is 25.0 Å². The largest absolute Gasteiger partial charge is 0.484 e. The Kier molecular flexibility index (Phi) is 29.1. The van der Waals surface area contributed by atoms with Gasteiger partial charge in [0.1, 0.15) is 36.3 Å². The van der Waals surface area contributed by atoms with Crippen LogP contribution in [0.1, 0.15) is 12.8 Å². The van der Waals surface area contributed by atoms with Gasteiger partial charge >= 0.3 is 0 Å². The smallest absolute Gasteiger partial charge is 0.259 e. The van der Waals surface area contributed by atoms with Crippen LogP contribution in [0, 0.1) is 41.4 Å². The summed E-state index contributed by atoms with van der Waals surface area (Å²) in [5.41, 5.74) is 0. The highest BCUT2D eigenvalue weighted by Gasteiger charge is 2.58. The number of para-hydroxylation sites is 1. The van der Waals surface area contributed by atoms with Gasteiger partial charge in [-0.25, -0.2) is 0 Å². The lowest BCUT2D eigenvalue weighted by Crippen LogP contribution is -2.67. The molecule has 5 aliphatic heterocycles. The van der Waals surface area contributed by atoms with Crippen molar-refractivity contribution in [3.05, 3.63) is 30.3 Å². The zero-order valence-electron chi connectivity index (χ0n) is 47.8. The quantitative estimate of drug-likeness (QED) is 0.0325. The van der Waals surface area contributed by atoms with Gasteiger partial charge in [0.05, 0.1) is 88.5 Å². The molecule has 0 saturated carbocycles. The summed E-state index contributed by atoms with van der Waals surface area (Å²) in [5.74, 6) is -6.01. The number of hydrogen-bond acceptors (Lipinski definition) is 27. The van der Waals surface area contributed by atoms with Crippen molar-refractivity contribution < 1.29 is 131 Å². The minimum atomic E-state index is -1.45. The maximum absolute atomic E-state index is 13.6. The third-order valence-corrected chi connectivity index (χ3v) is 16.5. The van der Waals surface area contributed by atoms with E-state index in [2.05, 4.69) is 5.32 Å². The van der Waals surface area contributed by atoms with Gasteiger partial charge in [-0.15, -0.1) is 0 Å². The summed E-state index contributed by atoms with van der Waals surface area (Å²) in [5, 5.41) is 99.0. The van der Waals surface area contributed by atoms with Gasteiger partial charge in [0.25, 0.3) is 5.91 Å². The Hall–Kier alpha value is -2.51. The maximum Gasteiger partial charge on any atom is 0.259 e. The van der Waals surface area contributed by atoms with E-state index in [9.17, 15) is 50.8 Å². The number of aliphatic hydroxyl groups is 9. The molecule has 0 spiro atoms. The first-order valence-electron chi connectivity index (χ1n) is 27.8. The SMILES string of the molecule is COCC1O[C@H](O[C@@H]2C(OC)[C@@H](O[C@@H]3C(OC)[C@@H](OC4C(NC(=O)COc5ccccc5)OC(CCO)[C@@H](CO)[C@@H]4CO)OC(COC)[C@H]3CO)OC(COC)[C@H]2CO)C(OC)[C@@H](O[C@H]2OC(CCO)[C@@H](CO)[C@H](CO)C2OC)[C@@H]1CO. The highest BCUT2D eigenvalue weighted by atomic mass is 16.8. The lowest BCUT2D eigenvalue weighted by atomic mass is 9.80. The zero-order valence-corrected chi connectivity index (χ0v) is 47.8. The maximum atomic E-state index is 13.6. The summed E-state index contributed by atoms with van der Waals surface area (Å²) in [6, 6.07) is 8.63. The number of carbonyl (C=O) groups is 1. The molecule has 28 heteroatoms. The Morgan fingerprint density at radius 3 is 1.11 bits per heavy atom. The molecule has 11 unspecified atom stereocenters. The first-order valence-corrected chi connectivity index (χ1v) is 27.8. The van der Waals surface area contributed by atoms with E-state index < -0.39 is 204 Å². The van der Waals surface area contributed by atoms with Gasteiger partial charge in [0.15, 0.2) is 38.0 Å². The molecule has 0 aromatic heterocycles. The lowest BCUT2D eigenvalue weighted by molar-refractivity contribution is -0.391. The van der Waals surface area contributed by atoms with Crippen LogP contribution in [-0.4, -0.2) is 298 Å². The van der Waals surface area contributed by atoms with Crippen LogP contribution in [0.2, 0.25) is 0 Å². The van der Waals surface area contributed by atoms with Crippen LogP contribution in [0.25, 0.3) is 0 Å². The summed E-state index contributed by atoms with van der Waals surface area (Å²) in [6.45, 7) is -4.88. The van der Waals surface area contributed by atoms with Crippen LogP contribution < -0.4 is 10.1 Å². The topological polar surface area (TPSA) is 368 Å². The molecule has 1 aromatic rings. The Bertz CT molecular complexity index is 1920. The minimum absolute atomic E-state index is 0.0409. The number of rotatable bonds is 33. The molecule has 1 amide bonds. The van der Waals surface area contributed by atoms with Crippen molar-refractivity contribution in [2.45, 2.75) is 124 Å². The second-order valence-corrected chi connectivity index (χ2v) is 21.0. The summed E-state index contributed by atoms with van der Waals surface area (Å²) in [6.07, 6.45) is -20.7. The van der Waals surface area contributed by atoms with Gasteiger partial charge in [0.2, 0.25) is 0 Å². The molecule has 5 fully saturated rings. The number of benzene rings is 1. The van der Waals surface area contributed by atoms with Gasteiger partial charge in [0, 0.05) is 131 Å². The van der Waals surface area contributed by atoms with Crippen molar-refractivity contribution in [3.63, 3.8) is 0 Å². The van der Waals surface area contributed by atoms with Crippen molar-refractivity contribution >= 4 is 5.91 Å². The van der Waals surface area contributed by atoms with Crippen LogP contribution in [0.15, 0.2) is 30.3 Å². The molecule has 0 aliphatic carbocycles. The Labute approximate surface area is 478 Å². The van der Waals surface area contributed by atoms with E-state index in [4.69, 9.17) is 80.5 Å². The predicted molar refractivity (Wildman–Crippen MR) is 279 cm³/mol. The Morgan fingerprint density at radius 2 is 0.756 bits per heavy atom. The van der Waals surface area contributed by atoms with Crippen LogP contribution >= 0.6 is 0 Å². The van der Waals surface area contributed by atoms with E-state index in [1.165, 1.54) is 49.8 Å². The summed E-state index contributed by atoms with van der Waals surface area (Å²) in [4.78, 5) is 13.6. The molecule has 6 rings (SSSR count). The van der Waals surface area contributed by atoms with Gasteiger partial charge in [-0.2, -0.15) is 0 Å². The molecule has 474 valence electrons. The molecular formula is C54H91NO27. The number of nitrogens with one attached hydrogen (secondary N) is 1. The number of amides is 1. The van der Waals surface area contributed by atoms with E-state index >= 15 is 0 Å². The fraction of sp³-hybridized carbons (Fsp3) is 0.870. The predicted octanol–water partition coefficient (Wildman–Crippen LogP) is -3.63. The normalized spacial score (nSPS) is 39.9. The standard InChI is InChI=1S/C54H91NO27/c1-66-24-38-33(21-62)42(79-51-46(69-4)32(20-61)30(18-59)37(75-51)14-16-57)47(70-5)52(76-38)80-43-34(22-63)39(25-67-2)77-53(48(43)71-6)81-44-35(23-64)40(26-68-3)78-54(49(44)72-7)82-45-31(19-60)29(17-58)36(13-15-56)74-50(45)55-41(65)27-73-28-11-9-8-10-12-28/h8-12,29-40,42-54,56-64H,13-27H2,1-7H3,(H,55,65)/t29-,30-,31-,32-,33+,34+,35+,36?,37?,38?,39?,40?,42-,43-,44-,45?,46?,47?,48?,49?,50?,51+,52+,53+,54+/m0/s1. The second kappa shape index (κ2) is 34.7. The molecule has 82 heavy (non-hydrogen) atoms. The molecule has 25 atom stereocenters. The Morgan fingerprint density at radius 1 is 0.415 bits per heavy atom. The first-order chi connectivity index (χ1) is 39.9. The number of hydrogen-bond donors (Lipinski definition) is 10. The average molecular weight is 1190 g/mol. The van der Waals surface area contributed by atoms with Gasteiger partial charge in [-0.3, -0.25) is 4.79 Å². The number of aliphatic hydroxyl groups excluding tert-OH is 9. The first kappa shape index (κ1) is 68.6. The fourth-order valence-electron chi connectivity index (χ4n) is 12.3. The third kappa shape index (κ3) is 16.2. The van der Waals surface area contributed by atoms with Crippen molar-refractivity contribution in [1.82, 2.24) is 5.32 Å². The van der Waals surface area contributed by atoms with E-state index in [1.807, 2.05) is 0 Å². The third-order valence-electron chi connectivity index (χ3n) is 16.5. The summed E-state index contributed by atoms with van der Waals surface area (Å²) in [7, 11) is 9.82. The highest BCUT2D eigenvalue weighted by molar-refractivity contribution is 5.77. The van der Waals surface area contributed by atoms with Crippen molar-refractivity contribution in [2.75, 3.05) is 136 Å². The molecule has 5 saturated heterocycles. The van der Waals surface area contributed by atoms with E-state index in [-0.39, 0.29) is 52.5 Å². The molecule has 28 nitrogen and oxygen atoms in total. The summed E-state index contributed by atoms with van der Waals surface area (Å²) >= 11 is 0. The summed E-state index contributed by atoms with van der Waals surface area (Å²) < 4.78 is 107. The van der Waals surface area contributed by atoms with Crippen LogP contribution in [-0.2, 0) is 80.6 Å². The van der Waals surface area contributed by atoms with Crippen LogP contribution in [0.4, 0.5) is 0 Å². The minimum Gasteiger partial charge on any atom is -0.484 e. The second-order valence-electron chi connectivity index (χ2n) is 21.0. The molecular weight excluding hydrogens is 1090 g/mol. The van der Waals surface area contributed by atoms with E-state index in [0.29, 0.717) is 5.75 Å². The number of ether oxygens (including phenoxy) is 17. The monoisotopic (exact) mass is 1190 g/mol. The van der Waals surface area contributed by atoms with E-state index in [1.54, 1.807) is 30.3 Å². The highest BCUT2D eigenvalue weighted by Crippen LogP contribution is 2.43. The van der Waals surface area contributed by atoms with E-state index in [0.717, 1.165) is 0 Å². The number of carbonyl (C=O) groups excluding carboxylic acids is 1. The Balaban J connectivity index is 1.34. The fourth-order valence-corrected chi connectivity index (χ4v) is 12.3. The number of methoxy groups -OCH3 is 7. The van der Waals surface area contributed by atoms with Crippen molar-refractivity contribution in [2.24, 2.45) is 41.4 Å².